The number of nitrogens with zero attached hydrogens (tertiary/aromatic N) is 1. The van der Waals surface area contributed by atoms with Gasteiger partial charge in [-0.2, -0.15) is 0 Å². The molecule has 0 radical (unpaired) electrons. The standard InChI is InChI=1S/C14H21NO3/c1-11-7-9-12(10-8-11)15(2)13(16)5-3-4-6-14(17)18/h7,9-11H,3-6,8H2,1-2H3,(H,17,18). The van der Waals surface area contributed by atoms with Crippen molar-refractivity contribution in [2.24, 2.45) is 5.92 Å². The zero-order chi connectivity index (χ0) is 13.5. The molecule has 0 heterocycles. The first-order valence-corrected chi connectivity index (χ1v) is 6.37. The van der Waals surface area contributed by atoms with E-state index < -0.39 is 5.97 Å². The van der Waals surface area contributed by atoms with E-state index >= 15 is 0 Å². The summed E-state index contributed by atoms with van der Waals surface area (Å²) in [7, 11) is 1.77. The number of carbonyl (C=O) groups is 2. The molecule has 1 aliphatic carbocycles. The van der Waals surface area contributed by atoms with Crippen molar-refractivity contribution in [3.63, 3.8) is 0 Å². The molecule has 0 saturated carbocycles. The lowest BCUT2D eigenvalue weighted by Crippen LogP contribution is -2.26. The van der Waals surface area contributed by atoms with Gasteiger partial charge in [0.25, 0.3) is 0 Å². The van der Waals surface area contributed by atoms with E-state index in [9.17, 15) is 9.59 Å². The van der Waals surface area contributed by atoms with E-state index in [1.54, 1.807) is 11.9 Å². The minimum Gasteiger partial charge on any atom is -0.481 e. The molecule has 1 atom stereocenters. The van der Waals surface area contributed by atoms with E-state index in [4.69, 9.17) is 5.11 Å². The second-order valence-electron chi connectivity index (χ2n) is 4.75. The third-order valence-electron chi connectivity index (χ3n) is 3.09. The molecular weight excluding hydrogens is 230 g/mol. The summed E-state index contributed by atoms with van der Waals surface area (Å²) in [6, 6.07) is 0. The zero-order valence-electron chi connectivity index (χ0n) is 11.1. The van der Waals surface area contributed by atoms with Crippen LogP contribution in [-0.2, 0) is 9.59 Å². The molecule has 1 unspecified atom stereocenters. The number of carbonyl (C=O) groups excluding carboxylic acids is 1. The van der Waals surface area contributed by atoms with Gasteiger partial charge in [-0.1, -0.05) is 19.1 Å². The molecule has 0 bridgehead atoms. The first-order valence-electron chi connectivity index (χ1n) is 6.37. The summed E-state index contributed by atoms with van der Waals surface area (Å²) in [6.07, 6.45) is 8.83. The van der Waals surface area contributed by atoms with E-state index in [-0.39, 0.29) is 12.3 Å². The molecule has 0 aromatic rings. The van der Waals surface area contributed by atoms with Gasteiger partial charge in [-0.25, -0.2) is 0 Å². The second-order valence-corrected chi connectivity index (χ2v) is 4.75. The Bertz CT molecular complexity index is 371. The van der Waals surface area contributed by atoms with Crippen LogP contribution in [0, 0.1) is 5.92 Å². The molecule has 1 rings (SSSR count). The summed E-state index contributed by atoms with van der Waals surface area (Å²) < 4.78 is 0. The quantitative estimate of drug-likeness (QED) is 0.738. The van der Waals surface area contributed by atoms with Crippen molar-refractivity contribution >= 4 is 11.9 Å². The number of carboxylic acid groups (broad SMARTS) is 1. The van der Waals surface area contributed by atoms with Crippen LogP contribution in [0.25, 0.3) is 0 Å². The van der Waals surface area contributed by atoms with Crippen LogP contribution in [0.2, 0.25) is 0 Å². The molecule has 0 spiro atoms. The summed E-state index contributed by atoms with van der Waals surface area (Å²) in [6.45, 7) is 2.14. The topological polar surface area (TPSA) is 57.6 Å². The fourth-order valence-corrected chi connectivity index (χ4v) is 1.83. The summed E-state index contributed by atoms with van der Waals surface area (Å²) in [5.74, 6) is -0.221. The highest BCUT2D eigenvalue weighted by Gasteiger charge is 2.13. The Morgan fingerprint density at radius 2 is 2.06 bits per heavy atom. The highest BCUT2D eigenvalue weighted by atomic mass is 16.4. The number of unbranched alkanes of at least 4 members (excludes halogenated alkanes) is 1. The van der Waals surface area contributed by atoms with Crippen molar-refractivity contribution in [2.45, 2.75) is 39.0 Å². The fourth-order valence-electron chi connectivity index (χ4n) is 1.83. The normalized spacial score (nSPS) is 18.3. The summed E-state index contributed by atoms with van der Waals surface area (Å²) in [4.78, 5) is 23.9. The number of rotatable bonds is 6. The van der Waals surface area contributed by atoms with Gasteiger partial charge in [0.15, 0.2) is 0 Å². The molecular formula is C14H21NO3. The number of aliphatic carboxylic acids is 1. The van der Waals surface area contributed by atoms with Crippen molar-refractivity contribution in [2.75, 3.05) is 7.05 Å². The Morgan fingerprint density at radius 3 is 2.61 bits per heavy atom. The van der Waals surface area contributed by atoms with E-state index in [1.165, 1.54) is 0 Å². The number of likely N-dealkylation sites (N-methyl/N-ethyl adjacent to an activating group) is 1. The van der Waals surface area contributed by atoms with E-state index in [0.29, 0.717) is 25.2 Å². The molecule has 0 fully saturated rings. The monoisotopic (exact) mass is 251 g/mol. The summed E-state index contributed by atoms with van der Waals surface area (Å²) in [5, 5.41) is 8.50. The van der Waals surface area contributed by atoms with Crippen LogP contribution in [0.15, 0.2) is 23.9 Å². The maximum absolute atomic E-state index is 11.9. The Kier molecular flexibility index (Phi) is 5.62. The average Bonchev–Trinajstić information content (AvgIpc) is 2.34. The van der Waals surface area contributed by atoms with Gasteiger partial charge in [0.2, 0.25) is 5.91 Å². The van der Waals surface area contributed by atoms with Crippen LogP contribution < -0.4 is 0 Å². The van der Waals surface area contributed by atoms with Gasteiger partial charge < -0.3 is 10.0 Å². The van der Waals surface area contributed by atoms with E-state index in [1.807, 2.05) is 6.08 Å². The van der Waals surface area contributed by atoms with Gasteiger partial charge in [0.1, 0.15) is 0 Å². The lowest BCUT2D eigenvalue weighted by molar-refractivity contribution is -0.137. The molecule has 1 N–H and O–H groups in total. The van der Waals surface area contributed by atoms with Crippen molar-refractivity contribution in [1.29, 1.82) is 0 Å². The van der Waals surface area contributed by atoms with Crippen molar-refractivity contribution < 1.29 is 14.7 Å². The van der Waals surface area contributed by atoms with Crippen LogP contribution in [0.5, 0.6) is 0 Å². The molecule has 0 saturated heterocycles. The lowest BCUT2D eigenvalue weighted by Gasteiger charge is -2.21. The predicted molar refractivity (Wildman–Crippen MR) is 69.9 cm³/mol. The number of allylic oxidation sites excluding steroid dienone is 3. The molecule has 0 aromatic carbocycles. The Labute approximate surface area is 108 Å². The molecule has 1 aliphatic rings. The largest absolute Gasteiger partial charge is 0.481 e. The first kappa shape index (κ1) is 14.5. The van der Waals surface area contributed by atoms with Gasteiger partial charge in [0.05, 0.1) is 0 Å². The van der Waals surface area contributed by atoms with E-state index in [0.717, 1.165) is 12.1 Å². The highest BCUT2D eigenvalue weighted by Crippen LogP contribution is 2.18. The van der Waals surface area contributed by atoms with Crippen LogP contribution in [0.3, 0.4) is 0 Å². The number of carboxylic acids is 1. The van der Waals surface area contributed by atoms with Gasteiger partial charge in [-0.15, -0.1) is 0 Å². The average molecular weight is 251 g/mol. The van der Waals surface area contributed by atoms with Gasteiger partial charge >= 0.3 is 5.97 Å². The van der Waals surface area contributed by atoms with Crippen LogP contribution in [0.1, 0.15) is 39.0 Å². The lowest BCUT2D eigenvalue weighted by atomic mass is 10.0. The maximum atomic E-state index is 11.9. The fraction of sp³-hybridized carbons (Fsp3) is 0.571. The summed E-state index contributed by atoms with van der Waals surface area (Å²) in [5.41, 5.74) is 0.941. The maximum Gasteiger partial charge on any atom is 0.303 e. The Hall–Kier alpha value is -1.58. The third-order valence-corrected chi connectivity index (χ3v) is 3.09. The van der Waals surface area contributed by atoms with Crippen LogP contribution in [0.4, 0.5) is 0 Å². The molecule has 0 aliphatic heterocycles. The van der Waals surface area contributed by atoms with Gasteiger partial charge in [-0.05, 0) is 31.3 Å². The SMILES string of the molecule is CC1C=CC(N(C)C(=O)CCCCC(=O)O)=CC1. The molecule has 1 amide bonds. The molecule has 100 valence electrons. The number of amides is 1. The second kappa shape index (κ2) is 6.99. The van der Waals surface area contributed by atoms with Crippen molar-refractivity contribution in [3.8, 4) is 0 Å². The van der Waals surface area contributed by atoms with Crippen LogP contribution in [-0.4, -0.2) is 28.9 Å². The molecule has 0 aromatic heterocycles. The number of hydrogen-bond donors (Lipinski definition) is 1. The first-order chi connectivity index (χ1) is 8.50. The molecule has 4 heteroatoms. The molecule has 4 nitrogen and oxygen atoms in total. The van der Waals surface area contributed by atoms with Crippen LogP contribution >= 0.6 is 0 Å². The van der Waals surface area contributed by atoms with E-state index in [2.05, 4.69) is 19.1 Å². The third kappa shape index (κ3) is 4.73. The predicted octanol–water partition coefficient (Wildman–Crippen LogP) is 2.57. The minimum absolute atomic E-state index is 0.0471. The van der Waals surface area contributed by atoms with Crippen molar-refractivity contribution in [1.82, 2.24) is 4.90 Å². The number of hydrogen-bond acceptors (Lipinski definition) is 2. The van der Waals surface area contributed by atoms with Crippen molar-refractivity contribution in [3.05, 3.63) is 23.9 Å². The Morgan fingerprint density at radius 1 is 1.39 bits per heavy atom. The van der Waals surface area contributed by atoms with Gasteiger partial charge in [-0.3, -0.25) is 9.59 Å². The smallest absolute Gasteiger partial charge is 0.303 e. The molecule has 18 heavy (non-hydrogen) atoms. The Balaban J connectivity index is 2.33. The minimum atomic E-state index is -0.803. The highest BCUT2D eigenvalue weighted by molar-refractivity contribution is 5.78. The zero-order valence-corrected chi connectivity index (χ0v) is 11.1. The summed E-state index contributed by atoms with van der Waals surface area (Å²) >= 11 is 0. The van der Waals surface area contributed by atoms with Gasteiger partial charge in [0, 0.05) is 25.6 Å².